The van der Waals surface area contributed by atoms with Crippen molar-refractivity contribution in [2.45, 2.75) is 25.7 Å². The average molecular weight is 354 g/mol. The molecule has 1 unspecified atom stereocenters. The highest BCUT2D eigenvalue weighted by Crippen LogP contribution is 2.64. The molecule has 1 heterocycles. The Morgan fingerprint density at radius 2 is 2.04 bits per heavy atom. The molecular formula is C20H23FN4O. The lowest BCUT2D eigenvalue weighted by molar-refractivity contribution is -0.121. The summed E-state index contributed by atoms with van der Waals surface area (Å²) >= 11 is 0. The molecule has 3 N–H and O–H groups in total. The number of benzene rings is 1. The van der Waals surface area contributed by atoms with E-state index < -0.39 is 11.4 Å². The predicted molar refractivity (Wildman–Crippen MR) is 102 cm³/mol. The summed E-state index contributed by atoms with van der Waals surface area (Å²) in [7, 11) is 0. The smallest absolute Gasteiger partial charge is 0.258 e. The van der Waals surface area contributed by atoms with Gasteiger partial charge in [-0.15, -0.1) is 0 Å². The van der Waals surface area contributed by atoms with Gasteiger partial charge in [0.2, 0.25) is 5.95 Å². The van der Waals surface area contributed by atoms with Gasteiger partial charge in [0.15, 0.2) is 0 Å². The number of nitrogens with one attached hydrogen (secondary N) is 1. The maximum absolute atomic E-state index is 13.0. The zero-order valence-corrected chi connectivity index (χ0v) is 14.7. The van der Waals surface area contributed by atoms with Gasteiger partial charge in [-0.2, -0.15) is 9.38 Å². The molecule has 1 amide bonds. The Labute approximate surface area is 153 Å². The van der Waals surface area contributed by atoms with Gasteiger partial charge in [-0.1, -0.05) is 44.2 Å². The fourth-order valence-electron chi connectivity index (χ4n) is 3.29. The van der Waals surface area contributed by atoms with Crippen molar-refractivity contribution in [3.63, 3.8) is 0 Å². The number of aliphatic imine (C=N–C) groups is 1. The van der Waals surface area contributed by atoms with Crippen molar-refractivity contribution < 1.29 is 10.6 Å². The summed E-state index contributed by atoms with van der Waals surface area (Å²) in [5, 5.41) is 2.86. The Kier molecular flexibility index (Phi) is 4.59. The highest BCUT2D eigenvalue weighted by molar-refractivity contribution is 6.05. The molecule has 6 heteroatoms. The lowest BCUT2D eigenvalue weighted by Gasteiger charge is -2.17. The van der Waals surface area contributed by atoms with Gasteiger partial charge >= 0.3 is 0 Å². The monoisotopic (exact) mass is 354 g/mol. The zero-order chi connectivity index (χ0) is 18.8. The molecule has 1 fully saturated rings. The SMILES string of the molecule is CC1(C)CC1(C(=O)N=C(N)/C=C\Nc1ccnc(F)c1)c1ccccc1.[HH]. The standard InChI is InChI=1S/C20H21FN4O.H2/c1-19(2)13-20(19,14-6-4-3-5-7-14)18(26)25-17(22)9-11-23-15-8-10-24-16(21)12-15;/h3-12H,13H2,1-2H3,(H,23,24)(H2,22,25,26);1H/b11-9-;. The fraction of sp³-hybridized carbons (Fsp3) is 0.250. The largest absolute Gasteiger partial charge is 0.384 e. The zero-order valence-electron chi connectivity index (χ0n) is 14.7. The normalized spacial score (nSPS) is 21.6. The number of nitrogens with two attached hydrogens (primary N) is 1. The van der Waals surface area contributed by atoms with Gasteiger partial charge in [-0.25, -0.2) is 4.98 Å². The summed E-state index contributed by atoms with van der Waals surface area (Å²) in [6, 6.07) is 12.5. The van der Waals surface area contributed by atoms with Crippen molar-refractivity contribution in [3.05, 3.63) is 72.4 Å². The third kappa shape index (κ3) is 3.35. The third-order valence-corrected chi connectivity index (χ3v) is 4.83. The molecule has 1 atom stereocenters. The second-order valence-electron chi connectivity index (χ2n) is 7.02. The first-order valence-corrected chi connectivity index (χ1v) is 8.34. The number of aromatic nitrogens is 1. The highest BCUT2D eigenvalue weighted by Gasteiger charge is 2.67. The van der Waals surface area contributed by atoms with Gasteiger partial charge in [0.25, 0.3) is 5.91 Å². The summed E-state index contributed by atoms with van der Waals surface area (Å²) in [5.41, 5.74) is 6.57. The Balaban J connectivity index is 0.00000261. The summed E-state index contributed by atoms with van der Waals surface area (Å²) in [6.07, 6.45) is 5.07. The van der Waals surface area contributed by atoms with Crippen LogP contribution in [-0.4, -0.2) is 16.7 Å². The van der Waals surface area contributed by atoms with Crippen molar-refractivity contribution in [1.82, 2.24) is 4.98 Å². The van der Waals surface area contributed by atoms with Gasteiger partial charge in [0.1, 0.15) is 5.84 Å². The molecule has 2 aromatic rings. The van der Waals surface area contributed by atoms with Crippen LogP contribution in [0.5, 0.6) is 0 Å². The number of amidine groups is 1. The molecule has 1 aliphatic rings. The quantitative estimate of drug-likeness (QED) is 0.488. The molecule has 1 saturated carbocycles. The van der Waals surface area contributed by atoms with Crippen molar-refractivity contribution in [1.29, 1.82) is 0 Å². The van der Waals surface area contributed by atoms with E-state index in [0.717, 1.165) is 12.0 Å². The summed E-state index contributed by atoms with van der Waals surface area (Å²) in [6.45, 7) is 4.11. The molecule has 0 saturated heterocycles. The van der Waals surface area contributed by atoms with E-state index in [1.807, 2.05) is 30.3 Å². The first-order chi connectivity index (χ1) is 12.3. The van der Waals surface area contributed by atoms with E-state index in [0.29, 0.717) is 5.69 Å². The van der Waals surface area contributed by atoms with E-state index in [2.05, 4.69) is 29.1 Å². The minimum Gasteiger partial charge on any atom is -0.384 e. The average Bonchev–Trinajstić information content (AvgIpc) is 3.20. The van der Waals surface area contributed by atoms with E-state index in [1.54, 1.807) is 6.07 Å². The number of pyridine rings is 1. The first kappa shape index (κ1) is 17.8. The van der Waals surface area contributed by atoms with Crippen LogP contribution in [0.4, 0.5) is 10.1 Å². The molecule has 5 nitrogen and oxygen atoms in total. The number of halogens is 1. The molecule has 1 aliphatic carbocycles. The maximum atomic E-state index is 13.0. The number of hydrogen-bond acceptors (Lipinski definition) is 3. The lowest BCUT2D eigenvalue weighted by Crippen LogP contribution is -2.26. The molecule has 1 aromatic carbocycles. The van der Waals surface area contributed by atoms with Gasteiger partial charge in [-0.05, 0) is 29.5 Å². The third-order valence-electron chi connectivity index (χ3n) is 4.83. The minimum absolute atomic E-state index is 0. The Hall–Kier alpha value is -3.02. The molecule has 0 bridgehead atoms. The first-order valence-electron chi connectivity index (χ1n) is 8.34. The van der Waals surface area contributed by atoms with Gasteiger partial charge in [0, 0.05) is 25.6 Å². The van der Waals surface area contributed by atoms with Crippen LogP contribution in [0.2, 0.25) is 0 Å². The number of rotatable bonds is 5. The van der Waals surface area contributed by atoms with Crippen molar-refractivity contribution in [3.8, 4) is 0 Å². The summed E-state index contributed by atoms with van der Waals surface area (Å²) in [5.74, 6) is -0.734. The Morgan fingerprint density at radius 3 is 2.65 bits per heavy atom. The topological polar surface area (TPSA) is 80.4 Å². The van der Waals surface area contributed by atoms with Crippen LogP contribution in [0, 0.1) is 11.4 Å². The van der Waals surface area contributed by atoms with Crippen LogP contribution >= 0.6 is 0 Å². The van der Waals surface area contributed by atoms with Crippen molar-refractivity contribution >= 4 is 17.4 Å². The van der Waals surface area contributed by atoms with Gasteiger partial charge in [-0.3, -0.25) is 4.79 Å². The van der Waals surface area contributed by atoms with Crippen LogP contribution < -0.4 is 11.1 Å². The predicted octanol–water partition coefficient (Wildman–Crippen LogP) is 3.64. The second-order valence-corrected chi connectivity index (χ2v) is 7.02. The summed E-state index contributed by atoms with van der Waals surface area (Å²) in [4.78, 5) is 20.4. The van der Waals surface area contributed by atoms with Crippen LogP contribution in [0.25, 0.3) is 0 Å². The van der Waals surface area contributed by atoms with Crippen molar-refractivity contribution in [2.24, 2.45) is 16.1 Å². The number of amides is 1. The van der Waals surface area contributed by atoms with Crippen LogP contribution in [0.1, 0.15) is 27.3 Å². The number of nitrogens with zero attached hydrogens (tertiary/aromatic N) is 2. The molecule has 0 radical (unpaired) electrons. The lowest BCUT2D eigenvalue weighted by atomic mass is 9.87. The van der Waals surface area contributed by atoms with Crippen LogP contribution in [0.15, 0.2) is 65.9 Å². The fourth-order valence-corrected chi connectivity index (χ4v) is 3.29. The molecule has 0 aliphatic heterocycles. The van der Waals surface area contributed by atoms with E-state index in [9.17, 15) is 9.18 Å². The number of carbonyl (C=O) groups is 1. The molecule has 136 valence electrons. The van der Waals surface area contributed by atoms with Crippen LogP contribution in [-0.2, 0) is 10.2 Å². The summed E-state index contributed by atoms with van der Waals surface area (Å²) < 4.78 is 13.0. The minimum atomic E-state index is -0.631. The number of hydrogen-bond donors (Lipinski definition) is 2. The second kappa shape index (κ2) is 6.71. The van der Waals surface area contributed by atoms with E-state index in [-0.39, 0.29) is 18.6 Å². The van der Waals surface area contributed by atoms with Crippen molar-refractivity contribution in [2.75, 3.05) is 5.32 Å². The van der Waals surface area contributed by atoms with E-state index >= 15 is 0 Å². The van der Waals surface area contributed by atoms with Crippen LogP contribution in [0.3, 0.4) is 0 Å². The number of anilines is 1. The van der Waals surface area contributed by atoms with Gasteiger partial charge in [0.05, 0.1) is 5.41 Å². The Bertz CT molecular complexity index is 883. The van der Waals surface area contributed by atoms with E-state index in [1.165, 1.54) is 24.5 Å². The maximum Gasteiger partial charge on any atom is 0.258 e. The molecule has 3 rings (SSSR count). The van der Waals surface area contributed by atoms with Gasteiger partial charge < -0.3 is 11.1 Å². The molecule has 0 spiro atoms. The molecular weight excluding hydrogens is 331 g/mol. The number of carbonyl (C=O) groups excluding carboxylic acids is 1. The van der Waals surface area contributed by atoms with E-state index in [4.69, 9.17) is 5.73 Å². The molecule has 26 heavy (non-hydrogen) atoms. The highest BCUT2D eigenvalue weighted by atomic mass is 19.1. The Morgan fingerprint density at radius 1 is 1.35 bits per heavy atom. The molecule has 1 aromatic heterocycles.